The average molecular weight is 694 g/mol. The summed E-state index contributed by atoms with van der Waals surface area (Å²) in [5.41, 5.74) is 0. The molecule has 0 aliphatic carbocycles. The summed E-state index contributed by atoms with van der Waals surface area (Å²) in [6.07, 6.45) is 13.9. The van der Waals surface area contributed by atoms with Crippen LogP contribution >= 0.6 is 0 Å². The van der Waals surface area contributed by atoms with Crippen LogP contribution in [0.4, 0.5) is 0 Å². The molecular weight excluding hydrogens is 638 g/mol. The number of carboxylic acids is 3. The van der Waals surface area contributed by atoms with Gasteiger partial charge in [0.2, 0.25) is 17.7 Å². The predicted octanol–water partition coefficient (Wildman–Crippen LogP) is 3.40. The van der Waals surface area contributed by atoms with Crippen molar-refractivity contribution in [2.75, 3.05) is 5.75 Å². The van der Waals surface area contributed by atoms with Crippen molar-refractivity contribution in [2.24, 2.45) is 0 Å². The van der Waals surface area contributed by atoms with Crippen LogP contribution in [0.3, 0.4) is 0 Å². The van der Waals surface area contributed by atoms with Gasteiger partial charge in [-0.3, -0.25) is 23.7 Å². The van der Waals surface area contributed by atoms with E-state index in [1.807, 2.05) is 0 Å². The lowest BCUT2D eigenvalue weighted by Gasteiger charge is -2.21. The maximum absolute atomic E-state index is 12.7. The zero-order chi connectivity index (χ0) is 35.7. The maximum atomic E-state index is 12.7. The van der Waals surface area contributed by atoms with Crippen molar-refractivity contribution >= 4 is 45.7 Å². The first-order valence-electron chi connectivity index (χ1n) is 16.7. The van der Waals surface area contributed by atoms with Gasteiger partial charge in [0.25, 0.3) is 10.1 Å². The van der Waals surface area contributed by atoms with E-state index in [-0.39, 0.29) is 19.3 Å². The molecule has 15 nitrogen and oxygen atoms in total. The topological polar surface area (TPSA) is 254 Å². The highest BCUT2D eigenvalue weighted by Crippen LogP contribution is 2.14. The smallest absolute Gasteiger partial charge is 0.326 e. The van der Waals surface area contributed by atoms with Gasteiger partial charge >= 0.3 is 17.9 Å². The lowest BCUT2D eigenvalue weighted by Crippen LogP contribution is -2.54. The third kappa shape index (κ3) is 25.5. The average Bonchev–Trinajstić information content (AvgIpc) is 2.97. The molecule has 0 bridgehead atoms. The molecule has 7 N–H and O–H groups in total. The van der Waals surface area contributed by atoms with Gasteiger partial charge in [0.1, 0.15) is 23.9 Å². The number of aliphatic carboxylic acids is 3. The van der Waals surface area contributed by atoms with Crippen molar-refractivity contribution in [3.8, 4) is 0 Å². The Morgan fingerprint density at radius 3 is 1.32 bits per heavy atom. The molecule has 0 radical (unpaired) electrons. The van der Waals surface area contributed by atoms with E-state index in [4.69, 9.17) is 10.2 Å². The van der Waals surface area contributed by atoms with Crippen molar-refractivity contribution in [2.45, 2.75) is 153 Å². The number of nitrogens with one attached hydrogen (secondary N) is 3. The van der Waals surface area contributed by atoms with Gasteiger partial charge in [0, 0.05) is 19.3 Å². The Labute approximate surface area is 277 Å². The van der Waals surface area contributed by atoms with Crippen molar-refractivity contribution in [3.05, 3.63) is 0 Å². The second-order valence-electron chi connectivity index (χ2n) is 11.9. The molecule has 0 heterocycles. The summed E-state index contributed by atoms with van der Waals surface area (Å²) >= 11 is 0. The number of carboxylic acid groups (broad SMARTS) is 3. The van der Waals surface area contributed by atoms with Crippen LogP contribution < -0.4 is 16.0 Å². The Balaban J connectivity index is 4.45. The normalized spacial score (nSPS) is 13.2. The molecule has 0 saturated carbocycles. The summed E-state index contributed by atoms with van der Waals surface area (Å²) in [7, 11) is -4.74. The number of hydrogen-bond donors (Lipinski definition) is 7. The first-order valence-corrected chi connectivity index (χ1v) is 18.3. The quantitative estimate of drug-likeness (QED) is 0.0422. The van der Waals surface area contributed by atoms with E-state index in [1.54, 1.807) is 6.92 Å². The first kappa shape index (κ1) is 43.7. The monoisotopic (exact) mass is 693 g/mol. The second kappa shape index (κ2) is 25.8. The van der Waals surface area contributed by atoms with Crippen LogP contribution in [-0.4, -0.2) is 87.8 Å². The van der Waals surface area contributed by atoms with Crippen LogP contribution in [0.1, 0.15) is 135 Å². The molecule has 3 unspecified atom stereocenters. The summed E-state index contributed by atoms with van der Waals surface area (Å²) in [4.78, 5) is 70.7. The first-order chi connectivity index (χ1) is 22.2. The van der Waals surface area contributed by atoms with Crippen molar-refractivity contribution in [1.29, 1.82) is 0 Å². The summed E-state index contributed by atoms with van der Waals surface area (Å²) in [5, 5.41) is 33.9. The zero-order valence-electron chi connectivity index (χ0n) is 27.5. The summed E-state index contributed by atoms with van der Waals surface area (Å²) in [6, 6.07) is -4.57. The van der Waals surface area contributed by atoms with Gasteiger partial charge in [-0.2, -0.15) is 8.42 Å². The van der Waals surface area contributed by atoms with E-state index >= 15 is 0 Å². The Bertz CT molecular complexity index is 1080. The molecule has 3 atom stereocenters. The summed E-state index contributed by atoms with van der Waals surface area (Å²) in [5.74, 6) is -7.26. The highest BCUT2D eigenvalue weighted by atomic mass is 32.2. The van der Waals surface area contributed by atoms with Gasteiger partial charge in [0.05, 0.1) is 0 Å². The van der Waals surface area contributed by atoms with Crippen molar-refractivity contribution in [3.63, 3.8) is 0 Å². The van der Waals surface area contributed by atoms with Crippen molar-refractivity contribution < 1.29 is 57.1 Å². The lowest BCUT2D eigenvalue weighted by molar-refractivity contribution is -0.143. The lowest BCUT2D eigenvalue weighted by atomic mass is 10.0. The van der Waals surface area contributed by atoms with E-state index in [1.165, 1.54) is 12.8 Å². The molecule has 0 aromatic rings. The number of carbonyl (C=O) groups is 6. The van der Waals surface area contributed by atoms with Gasteiger partial charge in [-0.25, -0.2) is 9.59 Å². The molecule has 0 rings (SSSR count). The highest BCUT2D eigenvalue weighted by Gasteiger charge is 2.30. The number of unbranched alkanes of at least 4 members (excludes halogenated alkanes) is 13. The van der Waals surface area contributed by atoms with Crippen LogP contribution in [0, 0.1) is 0 Å². The van der Waals surface area contributed by atoms with Crippen LogP contribution in [0.2, 0.25) is 0 Å². The number of hydrogen-bond acceptors (Lipinski definition) is 8. The van der Waals surface area contributed by atoms with E-state index in [2.05, 4.69) is 16.0 Å². The SMILES string of the molecule is CCCC(NC(=O)CCC(NC(=O)C(CS(=O)(=O)O)NC(=O)CCCCCCCCCCCCCCCCC(=O)O)C(=O)O)C(=O)O. The fourth-order valence-corrected chi connectivity index (χ4v) is 5.62. The minimum atomic E-state index is -4.74. The predicted molar refractivity (Wildman–Crippen MR) is 173 cm³/mol. The molecular formula is C31H55N3O12S. The van der Waals surface area contributed by atoms with Gasteiger partial charge in [0.15, 0.2) is 0 Å². The molecule has 0 fully saturated rings. The largest absolute Gasteiger partial charge is 0.481 e. The molecule has 272 valence electrons. The van der Waals surface area contributed by atoms with E-state index in [9.17, 15) is 46.8 Å². The third-order valence-electron chi connectivity index (χ3n) is 7.56. The van der Waals surface area contributed by atoms with E-state index in [0.29, 0.717) is 12.8 Å². The second-order valence-corrected chi connectivity index (χ2v) is 13.4. The van der Waals surface area contributed by atoms with E-state index in [0.717, 1.165) is 70.6 Å². The molecule has 3 amide bonds. The molecule has 0 aliphatic rings. The summed E-state index contributed by atoms with van der Waals surface area (Å²) < 4.78 is 32.3. The van der Waals surface area contributed by atoms with Crippen LogP contribution in [0.25, 0.3) is 0 Å². The van der Waals surface area contributed by atoms with Gasteiger partial charge in [-0.15, -0.1) is 0 Å². The standard InChI is InChI=1S/C31H55N3O12S/c1-2-17-23(30(40)41)32-27(36)21-20-24(31(42)43)34-29(39)25(22-47(44,45)46)33-26(35)18-15-13-11-9-7-5-3-4-6-8-10-12-14-16-19-28(37)38/h23-25H,2-22H2,1H3,(H,32,36)(H,33,35)(H,34,39)(H,37,38)(H,40,41)(H,42,43)(H,44,45,46). The van der Waals surface area contributed by atoms with E-state index < -0.39 is 82.5 Å². The Morgan fingerprint density at radius 2 is 0.915 bits per heavy atom. The van der Waals surface area contributed by atoms with Gasteiger partial charge in [-0.05, 0) is 25.7 Å². The molecule has 47 heavy (non-hydrogen) atoms. The molecule has 0 aromatic heterocycles. The minimum Gasteiger partial charge on any atom is -0.481 e. The Hall–Kier alpha value is -3.27. The molecule has 0 aliphatic heterocycles. The number of rotatable bonds is 30. The van der Waals surface area contributed by atoms with Crippen LogP contribution in [-0.2, 0) is 38.9 Å². The fraction of sp³-hybridized carbons (Fsp3) is 0.806. The Kier molecular flexibility index (Phi) is 24.0. The molecule has 0 aromatic carbocycles. The molecule has 16 heteroatoms. The van der Waals surface area contributed by atoms with Crippen LogP contribution in [0.15, 0.2) is 0 Å². The fourth-order valence-electron chi connectivity index (χ4n) is 4.96. The maximum Gasteiger partial charge on any atom is 0.326 e. The third-order valence-corrected chi connectivity index (χ3v) is 8.31. The number of amides is 3. The number of carbonyl (C=O) groups excluding carboxylic acids is 3. The zero-order valence-corrected chi connectivity index (χ0v) is 28.4. The highest BCUT2D eigenvalue weighted by molar-refractivity contribution is 7.85. The van der Waals surface area contributed by atoms with Crippen LogP contribution in [0.5, 0.6) is 0 Å². The Morgan fingerprint density at radius 1 is 0.532 bits per heavy atom. The van der Waals surface area contributed by atoms with Gasteiger partial charge < -0.3 is 31.3 Å². The van der Waals surface area contributed by atoms with Gasteiger partial charge in [-0.1, -0.05) is 90.4 Å². The minimum absolute atomic E-state index is 0.00337. The summed E-state index contributed by atoms with van der Waals surface area (Å²) in [6.45, 7) is 1.73. The molecule has 0 saturated heterocycles. The van der Waals surface area contributed by atoms with Crippen molar-refractivity contribution in [1.82, 2.24) is 16.0 Å². The molecule has 0 spiro atoms.